The molecule has 2 heterocycles. The van der Waals surface area contributed by atoms with Crippen LogP contribution in [0.4, 0.5) is 10.6 Å². The molecule has 4 N–H and O–H groups in total. The van der Waals surface area contributed by atoms with Crippen molar-refractivity contribution in [2.75, 3.05) is 12.8 Å². The maximum Gasteiger partial charge on any atom is 0.339 e. The van der Waals surface area contributed by atoms with Gasteiger partial charge in [0.15, 0.2) is 11.5 Å². The van der Waals surface area contributed by atoms with Crippen molar-refractivity contribution in [3.05, 3.63) is 40.3 Å². The fraction of sp³-hybridized carbons (Fsp3) is 0.429. The molecule has 0 saturated heterocycles. The number of hydrogen-bond donors (Lipinski definition) is 2. The molecule has 1 aromatic carbocycles. The molecule has 0 fully saturated rings. The molecule has 0 bridgehead atoms. The van der Waals surface area contributed by atoms with E-state index in [2.05, 4.69) is 9.97 Å². The number of carbonyl (C=O) groups is 1. The van der Waals surface area contributed by atoms with Crippen molar-refractivity contribution in [1.82, 2.24) is 19.1 Å². The fourth-order valence-corrected chi connectivity index (χ4v) is 5.50. The van der Waals surface area contributed by atoms with E-state index in [1.165, 1.54) is 7.11 Å². The molecule has 0 spiro atoms. The van der Waals surface area contributed by atoms with Crippen molar-refractivity contribution in [2.45, 2.75) is 56.5 Å². The van der Waals surface area contributed by atoms with Gasteiger partial charge in [-0.3, -0.25) is 4.57 Å². The first kappa shape index (κ1) is 24.2. The molecule has 1 amide bonds. The van der Waals surface area contributed by atoms with Crippen LogP contribution < -0.4 is 21.9 Å². The second-order valence-electron chi connectivity index (χ2n) is 8.01. The van der Waals surface area contributed by atoms with E-state index in [0.717, 1.165) is 4.57 Å². The summed E-state index contributed by atoms with van der Waals surface area (Å²) in [6, 6.07) is 5.81. The van der Waals surface area contributed by atoms with E-state index in [9.17, 15) is 18.0 Å². The number of sulfone groups is 1. The van der Waals surface area contributed by atoms with Gasteiger partial charge in [-0.1, -0.05) is 32.4 Å². The number of imidazole rings is 1. The molecule has 0 aliphatic heterocycles. The number of nitrogens with zero attached hydrogens (tertiary/aromatic N) is 4. The molecule has 0 saturated carbocycles. The molecule has 3 aromatic rings. The second-order valence-corrected chi connectivity index (χ2v) is 10.4. The number of amides is 1. The number of hydrogen-bond acceptors (Lipinski definition) is 8. The van der Waals surface area contributed by atoms with E-state index in [-0.39, 0.29) is 23.5 Å². The maximum absolute atomic E-state index is 13.5. The highest BCUT2D eigenvalue weighted by Crippen LogP contribution is 2.32. The van der Waals surface area contributed by atoms with Crippen molar-refractivity contribution < 1.29 is 17.9 Å². The number of rotatable bonds is 8. The topological polar surface area (TPSA) is 165 Å². The highest BCUT2D eigenvalue weighted by molar-refractivity contribution is 7.92. The third-order valence-electron chi connectivity index (χ3n) is 5.91. The maximum atomic E-state index is 13.5. The van der Waals surface area contributed by atoms with Gasteiger partial charge in [0.1, 0.15) is 11.3 Å². The second kappa shape index (κ2) is 8.85. The number of benzene rings is 1. The third kappa shape index (κ3) is 4.06. The van der Waals surface area contributed by atoms with Gasteiger partial charge in [0.05, 0.1) is 18.4 Å². The number of methoxy groups -OCH3 is 1. The van der Waals surface area contributed by atoms with Gasteiger partial charge in [0.2, 0.25) is 9.84 Å². The van der Waals surface area contributed by atoms with Crippen LogP contribution in [0, 0.1) is 0 Å². The number of fused-ring (bicyclic) bond motifs is 1. The van der Waals surface area contributed by atoms with Gasteiger partial charge in [-0.2, -0.15) is 9.97 Å². The van der Waals surface area contributed by atoms with Crippen LogP contribution in [0.5, 0.6) is 5.75 Å². The summed E-state index contributed by atoms with van der Waals surface area (Å²) in [5.41, 5.74) is 11.1. The Morgan fingerprint density at radius 2 is 1.82 bits per heavy atom. The van der Waals surface area contributed by atoms with E-state index in [4.69, 9.17) is 16.2 Å². The number of ether oxygens (including phenoxy) is 1. The normalized spacial score (nSPS) is 13.7. The summed E-state index contributed by atoms with van der Waals surface area (Å²) < 4.78 is 32.7. The highest BCUT2D eigenvalue weighted by Gasteiger charge is 2.41. The minimum atomic E-state index is -4.01. The smallest absolute Gasteiger partial charge is 0.339 e. The van der Waals surface area contributed by atoms with Crippen LogP contribution >= 0.6 is 0 Å². The quantitative estimate of drug-likeness (QED) is 0.465. The van der Waals surface area contributed by atoms with Crippen LogP contribution in [0.25, 0.3) is 11.2 Å². The molecule has 12 heteroatoms. The van der Waals surface area contributed by atoms with Crippen molar-refractivity contribution in [3.8, 4) is 5.75 Å². The standard InChI is InChI=1S/C21H28N6O5S/c1-5-11-21(3,6-2)33(30,31)19-24-16(22)15-17(25-19)26(20(29)27(15)18(23)28)12-13-7-9-14(32-4)10-8-13/h7-10H,5-6,11-12H2,1-4H3,(H2,23,28)(H2,22,24,25). The van der Waals surface area contributed by atoms with Gasteiger partial charge in [-0.05, 0) is 37.5 Å². The van der Waals surface area contributed by atoms with Gasteiger partial charge >= 0.3 is 11.7 Å². The Hall–Kier alpha value is -3.41. The average Bonchev–Trinajstić information content (AvgIpc) is 3.06. The largest absolute Gasteiger partial charge is 0.497 e. The summed E-state index contributed by atoms with van der Waals surface area (Å²) in [6.07, 6.45) is 1.38. The zero-order chi connectivity index (χ0) is 24.6. The number of aromatic nitrogens is 4. The van der Waals surface area contributed by atoms with E-state index in [1.807, 2.05) is 6.92 Å². The van der Waals surface area contributed by atoms with Crippen LogP contribution in [0.3, 0.4) is 0 Å². The Balaban J connectivity index is 2.29. The summed E-state index contributed by atoms with van der Waals surface area (Å²) in [4.78, 5) is 33.3. The van der Waals surface area contributed by atoms with Crippen LogP contribution in [0.2, 0.25) is 0 Å². The van der Waals surface area contributed by atoms with Gasteiger partial charge in [0.25, 0.3) is 5.16 Å². The van der Waals surface area contributed by atoms with Crippen LogP contribution in [-0.4, -0.2) is 45.4 Å². The third-order valence-corrected chi connectivity index (χ3v) is 8.36. The first-order chi connectivity index (χ1) is 15.5. The summed E-state index contributed by atoms with van der Waals surface area (Å²) in [7, 11) is -2.48. The molecule has 1 unspecified atom stereocenters. The van der Waals surface area contributed by atoms with Gasteiger partial charge in [0, 0.05) is 0 Å². The lowest BCUT2D eigenvalue weighted by atomic mass is 10.0. The Kier molecular flexibility index (Phi) is 6.50. The van der Waals surface area contributed by atoms with Crippen molar-refractivity contribution in [1.29, 1.82) is 0 Å². The zero-order valence-corrected chi connectivity index (χ0v) is 19.8. The Bertz CT molecular complexity index is 1360. The van der Waals surface area contributed by atoms with Crippen LogP contribution in [-0.2, 0) is 16.4 Å². The predicted molar refractivity (Wildman–Crippen MR) is 124 cm³/mol. The molecule has 2 aromatic heterocycles. The van der Waals surface area contributed by atoms with Crippen LogP contribution in [0.15, 0.2) is 34.2 Å². The van der Waals surface area contributed by atoms with E-state index in [0.29, 0.717) is 35.1 Å². The van der Waals surface area contributed by atoms with E-state index in [1.54, 1.807) is 38.1 Å². The van der Waals surface area contributed by atoms with Gasteiger partial charge in [-0.25, -0.2) is 22.6 Å². The molecular weight excluding hydrogens is 448 g/mol. The number of anilines is 1. The molecule has 0 radical (unpaired) electrons. The average molecular weight is 477 g/mol. The molecule has 33 heavy (non-hydrogen) atoms. The van der Waals surface area contributed by atoms with Gasteiger partial charge < -0.3 is 16.2 Å². The number of nitrogen functional groups attached to an aromatic ring is 1. The van der Waals surface area contributed by atoms with Crippen molar-refractivity contribution in [2.24, 2.45) is 5.73 Å². The van der Waals surface area contributed by atoms with E-state index >= 15 is 0 Å². The lowest BCUT2D eigenvalue weighted by molar-refractivity contribution is 0.250. The molecule has 0 aliphatic carbocycles. The first-order valence-corrected chi connectivity index (χ1v) is 11.9. The summed E-state index contributed by atoms with van der Waals surface area (Å²) in [5, 5.41) is -0.490. The Labute approximate surface area is 191 Å². The predicted octanol–water partition coefficient (Wildman–Crippen LogP) is 1.90. The number of carbonyl (C=O) groups excluding carboxylic acids is 1. The molecule has 0 aliphatic rings. The molecule has 3 rings (SSSR count). The lowest BCUT2D eigenvalue weighted by Crippen LogP contribution is -2.36. The lowest BCUT2D eigenvalue weighted by Gasteiger charge is -2.26. The minimum Gasteiger partial charge on any atom is -0.497 e. The highest BCUT2D eigenvalue weighted by atomic mass is 32.2. The molecule has 178 valence electrons. The molecule has 11 nitrogen and oxygen atoms in total. The Morgan fingerprint density at radius 3 is 2.33 bits per heavy atom. The van der Waals surface area contributed by atoms with E-state index < -0.39 is 31.5 Å². The monoisotopic (exact) mass is 476 g/mol. The number of nitrogens with two attached hydrogens (primary N) is 2. The van der Waals surface area contributed by atoms with Crippen LogP contribution in [0.1, 0.15) is 45.6 Å². The summed E-state index contributed by atoms with van der Waals surface area (Å²) >= 11 is 0. The first-order valence-electron chi connectivity index (χ1n) is 10.5. The van der Waals surface area contributed by atoms with Crippen molar-refractivity contribution in [3.63, 3.8) is 0 Å². The van der Waals surface area contributed by atoms with Crippen molar-refractivity contribution >= 4 is 32.9 Å². The fourth-order valence-electron chi connectivity index (χ4n) is 3.78. The summed E-state index contributed by atoms with van der Waals surface area (Å²) in [5.74, 6) is 0.304. The zero-order valence-electron chi connectivity index (χ0n) is 19.0. The Morgan fingerprint density at radius 1 is 1.18 bits per heavy atom. The summed E-state index contributed by atoms with van der Waals surface area (Å²) in [6.45, 7) is 5.30. The number of primary amides is 1. The molecular formula is C21H28N6O5S. The minimum absolute atomic E-state index is 0.00441. The molecule has 1 atom stereocenters. The SMILES string of the molecule is CCCC(C)(CC)S(=O)(=O)c1nc(N)c2c(n1)n(Cc1ccc(OC)cc1)c(=O)n2C(N)=O. The van der Waals surface area contributed by atoms with Gasteiger partial charge in [-0.15, -0.1) is 0 Å².